The van der Waals surface area contributed by atoms with Crippen molar-refractivity contribution in [1.82, 2.24) is 4.98 Å². The minimum absolute atomic E-state index is 0.315. The van der Waals surface area contributed by atoms with Gasteiger partial charge in [0.15, 0.2) is 0 Å². The average molecular weight is 423 g/mol. The molecule has 4 rings (SSSR count). The normalized spacial score (nSPS) is 11.1. The molecule has 0 spiro atoms. The van der Waals surface area contributed by atoms with Gasteiger partial charge in [0.25, 0.3) is 0 Å². The number of hydrogen-bond donors (Lipinski definition) is 0. The Balaban J connectivity index is 0.000000349. The molecule has 8 heteroatoms. The van der Waals surface area contributed by atoms with Crippen molar-refractivity contribution in [3.63, 3.8) is 0 Å². The molecule has 4 aromatic rings. The molecular weight excluding hydrogens is 410 g/mol. The van der Waals surface area contributed by atoms with Gasteiger partial charge in [0, 0.05) is 0 Å². The molecule has 2 heterocycles. The van der Waals surface area contributed by atoms with Crippen LogP contribution in [0.3, 0.4) is 0 Å². The van der Waals surface area contributed by atoms with E-state index in [-0.39, 0.29) is 0 Å². The monoisotopic (exact) mass is 424 g/mol. The summed E-state index contributed by atoms with van der Waals surface area (Å²) in [5.74, 6) is 0. The van der Waals surface area contributed by atoms with Crippen LogP contribution in [-0.2, 0) is 0 Å². The maximum absolute atomic E-state index is 9.75. The van der Waals surface area contributed by atoms with Crippen molar-refractivity contribution in [2.45, 2.75) is 0 Å². The van der Waals surface area contributed by atoms with Crippen LogP contribution in [0.2, 0.25) is 0 Å². The van der Waals surface area contributed by atoms with E-state index >= 15 is 0 Å². The van der Waals surface area contributed by atoms with Gasteiger partial charge < -0.3 is 17.3 Å². The van der Waals surface area contributed by atoms with Crippen LogP contribution in [0.15, 0.2) is 79.1 Å². The van der Waals surface area contributed by atoms with Gasteiger partial charge in [-0.1, -0.05) is 0 Å². The SMILES string of the molecule is F[B-](F)(F)F.c1ccc(-[n+]2ccc(-c3nc4ccccc4[se]3)cc2)cc1. The van der Waals surface area contributed by atoms with Crippen LogP contribution in [0.5, 0.6) is 0 Å². The third-order valence-corrected chi connectivity index (χ3v) is 5.70. The van der Waals surface area contributed by atoms with Crippen LogP contribution >= 0.6 is 0 Å². The third-order valence-electron chi connectivity index (χ3n) is 3.42. The number of pyridine rings is 1. The molecule has 0 bridgehead atoms. The Morgan fingerprint density at radius 3 is 1.96 bits per heavy atom. The van der Waals surface area contributed by atoms with Gasteiger partial charge in [-0.15, -0.1) is 0 Å². The molecule has 0 saturated heterocycles. The summed E-state index contributed by atoms with van der Waals surface area (Å²) in [6.07, 6.45) is 4.21. The predicted molar refractivity (Wildman–Crippen MR) is 95.8 cm³/mol. The van der Waals surface area contributed by atoms with Gasteiger partial charge in [-0.3, -0.25) is 0 Å². The van der Waals surface area contributed by atoms with Gasteiger partial charge in [-0.25, -0.2) is 0 Å². The van der Waals surface area contributed by atoms with E-state index in [9.17, 15) is 17.3 Å². The molecule has 26 heavy (non-hydrogen) atoms. The van der Waals surface area contributed by atoms with Gasteiger partial charge >= 0.3 is 136 Å². The number of nitrogens with zero attached hydrogens (tertiary/aromatic N) is 2. The maximum atomic E-state index is 9.75. The summed E-state index contributed by atoms with van der Waals surface area (Å²) in [4.78, 5) is 4.76. The van der Waals surface area contributed by atoms with E-state index in [1.165, 1.54) is 20.1 Å². The van der Waals surface area contributed by atoms with Gasteiger partial charge in [0.2, 0.25) is 0 Å². The quantitative estimate of drug-likeness (QED) is 0.263. The van der Waals surface area contributed by atoms with Gasteiger partial charge in [-0.2, -0.15) is 0 Å². The molecule has 0 aliphatic carbocycles. The number of benzene rings is 2. The number of hydrogen-bond acceptors (Lipinski definition) is 1. The summed E-state index contributed by atoms with van der Waals surface area (Å²) in [6.45, 7) is 0. The summed E-state index contributed by atoms with van der Waals surface area (Å²) < 4.78 is 43.7. The molecule has 0 N–H and O–H groups in total. The second kappa shape index (κ2) is 7.85. The van der Waals surface area contributed by atoms with Crippen molar-refractivity contribution >= 4 is 31.5 Å². The molecule has 0 radical (unpaired) electrons. The summed E-state index contributed by atoms with van der Waals surface area (Å²) >= 11 is 0.315. The Morgan fingerprint density at radius 1 is 0.769 bits per heavy atom. The Hall–Kier alpha value is -2.44. The van der Waals surface area contributed by atoms with Crippen molar-refractivity contribution in [2.75, 3.05) is 0 Å². The molecule has 0 amide bonds. The van der Waals surface area contributed by atoms with Gasteiger partial charge in [0.1, 0.15) is 0 Å². The number of aromatic nitrogens is 2. The van der Waals surface area contributed by atoms with Gasteiger partial charge in [-0.05, 0) is 0 Å². The Kier molecular flexibility index (Phi) is 5.54. The third kappa shape index (κ3) is 5.03. The second-order valence-electron chi connectivity index (χ2n) is 5.31. The Morgan fingerprint density at radius 2 is 1.35 bits per heavy atom. The molecular formula is C18H13BF4N2Se. The molecule has 2 aromatic carbocycles. The van der Waals surface area contributed by atoms with Crippen molar-refractivity contribution in [2.24, 2.45) is 0 Å². The first-order chi connectivity index (χ1) is 12.4. The minimum atomic E-state index is -6.00. The zero-order valence-corrected chi connectivity index (χ0v) is 15.1. The molecule has 2 aromatic heterocycles. The van der Waals surface area contributed by atoms with Crippen LogP contribution < -0.4 is 4.57 Å². The molecule has 0 aliphatic heterocycles. The Labute approximate surface area is 153 Å². The fraction of sp³-hybridized carbons (Fsp3) is 0. The number of halogens is 4. The van der Waals surface area contributed by atoms with Crippen molar-refractivity contribution in [3.05, 3.63) is 79.1 Å². The predicted octanol–water partition coefficient (Wildman–Crippen LogP) is 4.54. The standard InChI is InChI=1S/C18H13N2Se.BF4/c1-2-6-15(7-3-1)20-12-10-14(11-13-20)18-19-16-8-4-5-9-17(16)21-18;2-1(3,4)5/h1-13H;/q+1;-1. The summed E-state index contributed by atoms with van der Waals surface area (Å²) in [5.41, 5.74) is 3.52. The van der Waals surface area contributed by atoms with E-state index in [1.807, 2.05) is 6.07 Å². The fourth-order valence-corrected chi connectivity index (χ4v) is 4.37. The van der Waals surface area contributed by atoms with Crippen LogP contribution in [0, 0.1) is 0 Å². The van der Waals surface area contributed by atoms with Crippen molar-refractivity contribution < 1.29 is 21.8 Å². The zero-order valence-electron chi connectivity index (χ0n) is 13.4. The van der Waals surface area contributed by atoms with Crippen molar-refractivity contribution in [1.29, 1.82) is 0 Å². The van der Waals surface area contributed by atoms with E-state index in [2.05, 4.69) is 77.6 Å². The van der Waals surface area contributed by atoms with Crippen molar-refractivity contribution in [3.8, 4) is 15.8 Å². The van der Waals surface area contributed by atoms with E-state index in [0.717, 1.165) is 5.52 Å². The van der Waals surface area contributed by atoms with E-state index in [0.29, 0.717) is 14.5 Å². The Bertz CT molecular complexity index is 946. The average Bonchev–Trinajstić information content (AvgIpc) is 3.05. The first kappa shape index (κ1) is 18.4. The molecule has 0 unspecified atom stereocenters. The summed E-state index contributed by atoms with van der Waals surface area (Å²) in [7, 11) is -6.00. The second-order valence-corrected chi connectivity index (χ2v) is 7.47. The summed E-state index contributed by atoms with van der Waals surface area (Å²) in [5, 5.41) is 0. The van der Waals surface area contributed by atoms with Gasteiger partial charge in [0.05, 0.1) is 0 Å². The topological polar surface area (TPSA) is 16.8 Å². The molecule has 0 atom stereocenters. The molecule has 0 aliphatic rings. The molecule has 2 nitrogen and oxygen atoms in total. The zero-order chi connectivity index (χ0) is 18.6. The number of fused-ring (bicyclic) bond motifs is 1. The van der Waals surface area contributed by atoms with Crippen LogP contribution in [0.25, 0.3) is 25.6 Å². The molecule has 0 fully saturated rings. The van der Waals surface area contributed by atoms with Crippen LogP contribution in [-0.4, -0.2) is 26.7 Å². The van der Waals surface area contributed by atoms with E-state index in [4.69, 9.17) is 4.98 Å². The number of rotatable bonds is 2. The van der Waals surface area contributed by atoms with Crippen LogP contribution in [0.4, 0.5) is 17.3 Å². The van der Waals surface area contributed by atoms with E-state index in [1.54, 1.807) is 0 Å². The number of para-hydroxylation sites is 2. The first-order valence-corrected chi connectivity index (χ1v) is 9.41. The van der Waals surface area contributed by atoms with E-state index < -0.39 is 7.25 Å². The molecule has 0 saturated carbocycles. The van der Waals surface area contributed by atoms with Crippen LogP contribution in [0.1, 0.15) is 0 Å². The first-order valence-electron chi connectivity index (χ1n) is 7.70. The fourth-order valence-electron chi connectivity index (χ4n) is 2.34. The molecule has 132 valence electrons. The summed E-state index contributed by atoms with van der Waals surface area (Å²) in [6, 6.07) is 23.1.